The largest absolute Gasteiger partial charge is 0.468 e. The monoisotopic (exact) mass is 545 g/mol. The zero-order chi connectivity index (χ0) is 26.5. The smallest absolute Gasteiger partial charge is 0.319 e. The van der Waals surface area contributed by atoms with Crippen molar-refractivity contribution in [2.75, 3.05) is 57.1 Å². The van der Waals surface area contributed by atoms with E-state index in [-0.39, 0.29) is 35.0 Å². The van der Waals surface area contributed by atoms with Crippen molar-refractivity contribution in [3.63, 3.8) is 0 Å². The number of nitrogens with one attached hydrogen (secondary N) is 1. The number of likely N-dealkylation sites (N-methyl/N-ethyl adjacent to an activating group) is 1. The average Bonchev–Trinajstić information content (AvgIpc) is 3.18. The third-order valence-corrected chi connectivity index (χ3v) is 8.75. The van der Waals surface area contributed by atoms with Crippen LogP contribution in [0, 0.1) is 11.6 Å². The van der Waals surface area contributed by atoms with Crippen LogP contribution < -0.4 is 11.1 Å². The van der Waals surface area contributed by atoms with E-state index in [1.807, 2.05) is 0 Å². The summed E-state index contributed by atoms with van der Waals surface area (Å²) in [6.45, 7) is 1.16. The van der Waals surface area contributed by atoms with Gasteiger partial charge in [0, 0.05) is 19.1 Å². The van der Waals surface area contributed by atoms with E-state index in [4.69, 9.17) is 5.73 Å². The predicted molar refractivity (Wildman–Crippen MR) is 132 cm³/mol. The number of sulfonamides is 1. The summed E-state index contributed by atoms with van der Waals surface area (Å²) in [5.74, 6) is -3.39. The Labute approximate surface area is 212 Å². The number of benzene rings is 1. The Balaban J connectivity index is 1.52. The number of methoxy groups -OCH3 is 1. The molecule has 0 bridgehead atoms. The highest BCUT2D eigenvalue weighted by Crippen LogP contribution is 2.30. The molecular weight excluding hydrogens is 516 g/mol. The molecule has 1 aromatic carbocycles. The zero-order valence-corrected chi connectivity index (χ0v) is 21.6. The molecule has 1 aromatic heterocycles. The number of nitrogens with two attached hydrogens (primary N) is 1. The third-order valence-electron chi connectivity index (χ3n) is 5.79. The van der Waals surface area contributed by atoms with Crippen LogP contribution in [-0.2, 0) is 19.6 Å². The van der Waals surface area contributed by atoms with E-state index in [2.05, 4.69) is 15.0 Å². The average molecular weight is 546 g/mol. The molecule has 2 aromatic rings. The fourth-order valence-electron chi connectivity index (χ4n) is 3.85. The van der Waals surface area contributed by atoms with Gasteiger partial charge in [-0.15, -0.1) is 0 Å². The maximum Gasteiger partial charge on any atom is 0.319 e. The molecule has 1 aliphatic rings. The minimum atomic E-state index is -3.45. The SMILES string of the molecule is COC(=O)CN(C)CCCS(=O)(=O)N1CCC(Nc2nc(N)c(C(=O)c3c(F)cccc3F)s2)CC1. The van der Waals surface area contributed by atoms with Crippen LogP contribution in [0.15, 0.2) is 18.2 Å². The van der Waals surface area contributed by atoms with Crippen LogP contribution in [0.5, 0.6) is 0 Å². The van der Waals surface area contributed by atoms with Crippen molar-refractivity contribution in [1.82, 2.24) is 14.2 Å². The summed E-state index contributed by atoms with van der Waals surface area (Å²) in [5, 5.41) is 3.47. The maximum absolute atomic E-state index is 14.0. The van der Waals surface area contributed by atoms with Crippen LogP contribution >= 0.6 is 11.3 Å². The van der Waals surface area contributed by atoms with Gasteiger partial charge in [0.15, 0.2) is 5.13 Å². The Hall–Kier alpha value is -2.68. The number of hydrogen-bond acceptors (Lipinski definition) is 10. The summed E-state index contributed by atoms with van der Waals surface area (Å²) in [6, 6.07) is 3.05. The van der Waals surface area contributed by atoms with E-state index in [9.17, 15) is 26.8 Å². The van der Waals surface area contributed by atoms with Crippen LogP contribution in [0.4, 0.5) is 19.7 Å². The number of rotatable bonds is 11. The lowest BCUT2D eigenvalue weighted by atomic mass is 10.1. The second-order valence-electron chi connectivity index (χ2n) is 8.46. The van der Waals surface area contributed by atoms with E-state index in [0.29, 0.717) is 44.0 Å². The Morgan fingerprint density at radius 3 is 2.53 bits per heavy atom. The van der Waals surface area contributed by atoms with Crippen molar-refractivity contribution in [1.29, 1.82) is 0 Å². The third kappa shape index (κ3) is 6.96. The van der Waals surface area contributed by atoms with Crippen LogP contribution in [-0.4, -0.2) is 86.5 Å². The summed E-state index contributed by atoms with van der Waals surface area (Å²) in [5.41, 5.74) is 5.16. The number of ether oxygens (including phenoxy) is 1. The van der Waals surface area contributed by atoms with Gasteiger partial charge in [-0.05, 0) is 45.0 Å². The normalized spacial score (nSPS) is 15.2. The van der Waals surface area contributed by atoms with E-state index in [0.717, 1.165) is 23.5 Å². The molecular formula is C22H29F2N5O5S2. The molecule has 3 N–H and O–H groups in total. The highest BCUT2D eigenvalue weighted by Gasteiger charge is 2.29. The summed E-state index contributed by atoms with van der Waals surface area (Å²) in [7, 11) is -0.428. The summed E-state index contributed by atoms with van der Waals surface area (Å²) >= 11 is 0.900. The number of ketones is 1. The first-order valence-corrected chi connectivity index (χ1v) is 13.7. The number of hydrogen-bond donors (Lipinski definition) is 2. The summed E-state index contributed by atoms with van der Waals surface area (Å²) in [4.78, 5) is 29.7. The first kappa shape index (κ1) is 27.9. The number of thiazole rings is 1. The standard InChI is InChI=1S/C22H29F2N5O5S2/c1-28(13-17(30)34-2)9-4-12-36(32,33)29-10-7-14(8-11-29)26-22-27-21(25)20(35-22)19(31)18-15(23)5-3-6-16(18)24/h3,5-6,14H,4,7-13,25H2,1-2H3,(H,26,27). The molecule has 1 aliphatic heterocycles. The van der Waals surface area contributed by atoms with Gasteiger partial charge in [0.05, 0.1) is 25.0 Å². The Bertz CT molecular complexity index is 1180. The van der Waals surface area contributed by atoms with Crippen LogP contribution in [0.3, 0.4) is 0 Å². The topological polar surface area (TPSA) is 135 Å². The minimum absolute atomic E-state index is 0.0301. The molecule has 36 heavy (non-hydrogen) atoms. The van der Waals surface area contributed by atoms with E-state index >= 15 is 0 Å². The fourth-order valence-corrected chi connectivity index (χ4v) is 6.27. The molecule has 14 heteroatoms. The number of piperidine rings is 1. The lowest BCUT2D eigenvalue weighted by Crippen LogP contribution is -2.43. The molecule has 1 saturated heterocycles. The number of carbonyl (C=O) groups is 2. The van der Waals surface area contributed by atoms with Crippen molar-refractivity contribution < 1.29 is 31.5 Å². The number of halogens is 2. The van der Waals surface area contributed by atoms with E-state index in [1.54, 1.807) is 11.9 Å². The lowest BCUT2D eigenvalue weighted by Gasteiger charge is -2.31. The van der Waals surface area contributed by atoms with Gasteiger partial charge in [0.2, 0.25) is 15.8 Å². The predicted octanol–water partition coefficient (Wildman–Crippen LogP) is 1.94. The van der Waals surface area contributed by atoms with E-state index < -0.39 is 33.0 Å². The van der Waals surface area contributed by atoms with Crippen molar-refractivity contribution >= 4 is 44.1 Å². The summed E-state index contributed by atoms with van der Waals surface area (Å²) < 4.78 is 59.4. The first-order valence-electron chi connectivity index (χ1n) is 11.3. The highest BCUT2D eigenvalue weighted by atomic mass is 32.2. The lowest BCUT2D eigenvalue weighted by molar-refractivity contribution is -0.141. The number of aromatic nitrogens is 1. The van der Waals surface area contributed by atoms with Gasteiger partial charge in [-0.25, -0.2) is 26.5 Å². The van der Waals surface area contributed by atoms with Crippen molar-refractivity contribution in [2.45, 2.75) is 25.3 Å². The van der Waals surface area contributed by atoms with Gasteiger partial charge < -0.3 is 15.8 Å². The minimum Gasteiger partial charge on any atom is -0.468 e. The number of nitrogen functional groups attached to an aromatic ring is 1. The zero-order valence-electron chi connectivity index (χ0n) is 20.0. The van der Waals surface area contributed by atoms with E-state index in [1.165, 1.54) is 17.5 Å². The number of esters is 1. The molecule has 2 heterocycles. The second-order valence-corrected chi connectivity index (χ2v) is 11.5. The molecule has 0 radical (unpaired) electrons. The molecule has 0 amide bonds. The highest BCUT2D eigenvalue weighted by molar-refractivity contribution is 7.89. The quantitative estimate of drug-likeness (QED) is 0.321. The maximum atomic E-state index is 14.0. The van der Waals surface area contributed by atoms with Gasteiger partial charge in [0.25, 0.3) is 0 Å². The number of nitrogens with zero attached hydrogens (tertiary/aromatic N) is 3. The van der Waals surface area contributed by atoms with Crippen molar-refractivity contribution in [2.24, 2.45) is 0 Å². The molecule has 0 spiro atoms. The van der Waals surface area contributed by atoms with Crippen LogP contribution in [0.25, 0.3) is 0 Å². The molecule has 3 rings (SSSR count). The molecule has 10 nitrogen and oxygen atoms in total. The van der Waals surface area contributed by atoms with Gasteiger partial charge in [-0.1, -0.05) is 17.4 Å². The fraction of sp³-hybridized carbons (Fsp3) is 0.500. The molecule has 0 aliphatic carbocycles. The number of carbonyl (C=O) groups excluding carboxylic acids is 2. The van der Waals surface area contributed by atoms with Gasteiger partial charge in [-0.2, -0.15) is 0 Å². The molecule has 0 saturated carbocycles. The Morgan fingerprint density at radius 1 is 1.28 bits per heavy atom. The van der Waals surface area contributed by atoms with Crippen LogP contribution in [0.1, 0.15) is 34.5 Å². The van der Waals surface area contributed by atoms with Crippen molar-refractivity contribution in [3.05, 3.63) is 40.3 Å². The van der Waals surface area contributed by atoms with Gasteiger partial charge >= 0.3 is 5.97 Å². The first-order chi connectivity index (χ1) is 17.0. The van der Waals surface area contributed by atoms with Gasteiger partial charge in [0.1, 0.15) is 22.3 Å². The molecule has 0 unspecified atom stereocenters. The van der Waals surface area contributed by atoms with Crippen molar-refractivity contribution in [3.8, 4) is 0 Å². The van der Waals surface area contributed by atoms with Crippen LogP contribution in [0.2, 0.25) is 0 Å². The molecule has 1 fully saturated rings. The Morgan fingerprint density at radius 2 is 1.92 bits per heavy atom. The Kier molecular flexibility index (Phi) is 9.33. The molecule has 0 atom stereocenters. The van der Waals surface area contributed by atoms with Gasteiger partial charge in [-0.3, -0.25) is 14.5 Å². The number of anilines is 2. The second kappa shape index (κ2) is 12.0. The summed E-state index contributed by atoms with van der Waals surface area (Å²) in [6.07, 6.45) is 1.39. The molecule has 198 valence electrons.